The van der Waals surface area contributed by atoms with Gasteiger partial charge < -0.3 is 10.2 Å². The van der Waals surface area contributed by atoms with Crippen molar-refractivity contribution < 1.29 is 0 Å². The van der Waals surface area contributed by atoms with Crippen molar-refractivity contribution in [1.29, 1.82) is 0 Å². The second kappa shape index (κ2) is 7.98. The number of hydrogen-bond acceptors (Lipinski definition) is 4. The first-order valence-electron chi connectivity index (χ1n) is 12.7. The zero-order valence-electron chi connectivity index (χ0n) is 20.0. The summed E-state index contributed by atoms with van der Waals surface area (Å²) in [5.41, 5.74) is 8.43. The summed E-state index contributed by atoms with van der Waals surface area (Å²) in [5, 5.41) is 8.91. The molecule has 2 fully saturated rings. The van der Waals surface area contributed by atoms with Crippen LogP contribution in [0.1, 0.15) is 56.0 Å². The van der Waals surface area contributed by atoms with Gasteiger partial charge in [-0.25, -0.2) is 0 Å². The lowest BCUT2D eigenvalue weighted by atomic mass is 9.84. The molecule has 172 valence electrons. The Balaban J connectivity index is 1.22. The standard InChI is InChI=1S/C28H35N5/c1-3-30-28-13-11-27(19-28,12-14-28)20-33-26-10-16-32(18-24(26)21(2)31-33)23-9-15-29-25(17-23)22-7-5-4-6-8-22/h4-9,15,17,30H,3,10-14,16,18-20H2,1-2H3. The molecular formula is C28H35N5. The molecule has 0 amide bonds. The van der Waals surface area contributed by atoms with E-state index in [-0.39, 0.29) is 0 Å². The minimum Gasteiger partial charge on any atom is -0.367 e. The molecule has 1 N–H and O–H groups in total. The maximum absolute atomic E-state index is 5.09. The van der Waals surface area contributed by atoms with Crippen molar-refractivity contribution in [3.8, 4) is 11.3 Å². The van der Waals surface area contributed by atoms with E-state index in [4.69, 9.17) is 5.10 Å². The molecule has 2 aliphatic carbocycles. The van der Waals surface area contributed by atoms with E-state index in [1.807, 2.05) is 6.20 Å². The first-order chi connectivity index (χ1) is 16.1. The van der Waals surface area contributed by atoms with Gasteiger partial charge in [0.05, 0.1) is 11.4 Å². The third-order valence-corrected chi connectivity index (χ3v) is 8.53. The van der Waals surface area contributed by atoms with Gasteiger partial charge in [-0.2, -0.15) is 5.10 Å². The molecule has 0 unspecified atom stereocenters. The van der Waals surface area contributed by atoms with Crippen LogP contribution in [0.25, 0.3) is 11.3 Å². The molecule has 3 aromatic rings. The number of benzene rings is 1. The highest BCUT2D eigenvalue weighted by atomic mass is 15.3. The lowest BCUT2D eigenvalue weighted by Crippen LogP contribution is -2.40. The average Bonchev–Trinajstić information content (AvgIpc) is 3.49. The first-order valence-corrected chi connectivity index (χ1v) is 12.7. The minimum absolute atomic E-state index is 0.408. The van der Waals surface area contributed by atoms with Crippen molar-refractivity contribution in [2.24, 2.45) is 5.41 Å². The summed E-state index contributed by atoms with van der Waals surface area (Å²) in [6, 6.07) is 14.8. The Labute approximate surface area is 197 Å². The Morgan fingerprint density at radius 2 is 1.88 bits per heavy atom. The fraction of sp³-hybridized carbons (Fsp3) is 0.500. The number of fused-ring (bicyclic) bond motifs is 3. The Morgan fingerprint density at radius 1 is 1.06 bits per heavy atom. The predicted octanol–water partition coefficient (Wildman–Crippen LogP) is 5.13. The summed E-state index contributed by atoms with van der Waals surface area (Å²) < 4.78 is 2.40. The van der Waals surface area contributed by atoms with E-state index in [2.05, 4.69) is 76.2 Å². The van der Waals surface area contributed by atoms with Gasteiger partial charge in [0.25, 0.3) is 0 Å². The number of aryl methyl sites for hydroxylation is 1. The van der Waals surface area contributed by atoms with Crippen molar-refractivity contribution >= 4 is 5.69 Å². The van der Waals surface area contributed by atoms with Gasteiger partial charge in [-0.05, 0) is 63.1 Å². The van der Waals surface area contributed by atoms with Crippen molar-refractivity contribution in [3.63, 3.8) is 0 Å². The number of rotatable bonds is 6. The van der Waals surface area contributed by atoms with Crippen LogP contribution in [0.3, 0.4) is 0 Å². The van der Waals surface area contributed by atoms with Gasteiger partial charge in [0.2, 0.25) is 0 Å². The van der Waals surface area contributed by atoms with Crippen molar-refractivity contribution in [3.05, 3.63) is 65.6 Å². The molecule has 5 nitrogen and oxygen atoms in total. The summed E-state index contributed by atoms with van der Waals surface area (Å²) in [4.78, 5) is 7.11. The molecule has 6 rings (SSSR count). The molecule has 0 spiro atoms. The quantitative estimate of drug-likeness (QED) is 0.576. The average molecular weight is 442 g/mol. The predicted molar refractivity (Wildman–Crippen MR) is 133 cm³/mol. The number of nitrogens with one attached hydrogen (secondary N) is 1. The minimum atomic E-state index is 0.408. The van der Waals surface area contributed by atoms with E-state index in [9.17, 15) is 0 Å². The summed E-state index contributed by atoms with van der Waals surface area (Å²) in [5.74, 6) is 0. The molecule has 3 aliphatic rings. The number of aromatic nitrogens is 3. The molecule has 0 radical (unpaired) electrons. The van der Waals surface area contributed by atoms with Gasteiger partial charge in [-0.3, -0.25) is 9.67 Å². The van der Waals surface area contributed by atoms with E-state index >= 15 is 0 Å². The molecule has 3 heterocycles. The summed E-state index contributed by atoms with van der Waals surface area (Å²) >= 11 is 0. The number of pyridine rings is 1. The van der Waals surface area contributed by atoms with Gasteiger partial charge in [-0.1, -0.05) is 37.3 Å². The smallest absolute Gasteiger partial charge is 0.0722 e. The van der Waals surface area contributed by atoms with E-state index in [1.165, 1.54) is 60.3 Å². The van der Waals surface area contributed by atoms with Crippen LogP contribution in [0, 0.1) is 12.3 Å². The lowest BCUT2D eigenvalue weighted by Gasteiger charge is -2.31. The molecule has 2 aromatic heterocycles. The Kier molecular flexibility index (Phi) is 5.06. The van der Waals surface area contributed by atoms with Crippen LogP contribution in [0.4, 0.5) is 5.69 Å². The van der Waals surface area contributed by atoms with Gasteiger partial charge in [0.1, 0.15) is 0 Å². The van der Waals surface area contributed by atoms with Gasteiger partial charge in [0, 0.05) is 60.3 Å². The van der Waals surface area contributed by atoms with E-state index in [0.29, 0.717) is 11.0 Å². The van der Waals surface area contributed by atoms with Crippen LogP contribution < -0.4 is 10.2 Å². The molecule has 1 aliphatic heterocycles. The van der Waals surface area contributed by atoms with Crippen LogP contribution in [-0.2, 0) is 19.5 Å². The van der Waals surface area contributed by atoms with Gasteiger partial charge in [0.15, 0.2) is 0 Å². The summed E-state index contributed by atoms with van der Waals surface area (Å²) in [6.07, 6.45) is 9.70. The third-order valence-electron chi connectivity index (χ3n) is 8.53. The largest absolute Gasteiger partial charge is 0.367 e. The molecule has 33 heavy (non-hydrogen) atoms. The maximum atomic E-state index is 5.09. The monoisotopic (exact) mass is 441 g/mol. The Morgan fingerprint density at radius 3 is 2.67 bits per heavy atom. The molecule has 2 bridgehead atoms. The van der Waals surface area contributed by atoms with Crippen LogP contribution in [-0.4, -0.2) is 33.4 Å². The second-order valence-corrected chi connectivity index (χ2v) is 10.6. The number of anilines is 1. The van der Waals surface area contributed by atoms with E-state index in [1.54, 1.807) is 0 Å². The van der Waals surface area contributed by atoms with Gasteiger partial charge >= 0.3 is 0 Å². The SMILES string of the molecule is CCNC12CCC(Cn3nc(C)c4c3CCN(c3ccnc(-c5ccccc5)c3)C4)(CC1)C2. The Hall–Kier alpha value is -2.66. The zero-order valence-corrected chi connectivity index (χ0v) is 20.0. The first kappa shape index (κ1) is 20.9. The topological polar surface area (TPSA) is 46.0 Å². The van der Waals surface area contributed by atoms with Crippen LogP contribution >= 0.6 is 0 Å². The van der Waals surface area contributed by atoms with E-state index in [0.717, 1.165) is 38.3 Å². The molecule has 0 atom stereocenters. The highest BCUT2D eigenvalue weighted by molar-refractivity contribution is 5.64. The zero-order chi connectivity index (χ0) is 22.5. The highest BCUT2D eigenvalue weighted by Crippen LogP contribution is 2.57. The summed E-state index contributed by atoms with van der Waals surface area (Å²) in [6.45, 7) is 8.60. The Bertz CT molecular complexity index is 1140. The van der Waals surface area contributed by atoms with E-state index < -0.39 is 0 Å². The molecule has 5 heteroatoms. The van der Waals surface area contributed by atoms with Gasteiger partial charge in [-0.15, -0.1) is 0 Å². The van der Waals surface area contributed by atoms with Crippen molar-refractivity contribution in [2.45, 2.75) is 71.0 Å². The highest BCUT2D eigenvalue weighted by Gasteiger charge is 2.54. The molecule has 2 saturated carbocycles. The van der Waals surface area contributed by atoms with Crippen molar-refractivity contribution in [1.82, 2.24) is 20.1 Å². The molecular weight excluding hydrogens is 406 g/mol. The molecule has 1 aromatic carbocycles. The van der Waals surface area contributed by atoms with Crippen LogP contribution in [0.5, 0.6) is 0 Å². The normalized spacial score (nSPS) is 26.1. The fourth-order valence-corrected chi connectivity index (χ4v) is 6.87. The lowest BCUT2D eigenvalue weighted by molar-refractivity contribution is 0.232. The number of hydrogen-bond donors (Lipinski definition) is 1. The van der Waals surface area contributed by atoms with Crippen molar-refractivity contribution in [2.75, 3.05) is 18.0 Å². The maximum Gasteiger partial charge on any atom is 0.0722 e. The molecule has 0 saturated heterocycles. The summed E-state index contributed by atoms with van der Waals surface area (Å²) in [7, 11) is 0. The fourth-order valence-electron chi connectivity index (χ4n) is 6.87. The van der Waals surface area contributed by atoms with Crippen LogP contribution in [0.2, 0.25) is 0 Å². The third kappa shape index (κ3) is 3.67. The number of nitrogens with zero attached hydrogens (tertiary/aromatic N) is 4. The van der Waals surface area contributed by atoms with Crippen LogP contribution in [0.15, 0.2) is 48.7 Å². The second-order valence-electron chi connectivity index (χ2n) is 10.6.